The van der Waals surface area contributed by atoms with E-state index in [1.807, 2.05) is 0 Å². The Balaban J connectivity index is 1.55. The van der Waals surface area contributed by atoms with Gasteiger partial charge in [0.05, 0.1) is 24.3 Å². The Bertz CT molecular complexity index is 847. The highest BCUT2D eigenvalue weighted by Gasteiger charge is 2.51. The number of aromatic hydroxyl groups is 1. The molecule has 2 aliphatic rings. The van der Waals surface area contributed by atoms with E-state index >= 15 is 0 Å². The van der Waals surface area contributed by atoms with Gasteiger partial charge in [0.2, 0.25) is 23.6 Å². The van der Waals surface area contributed by atoms with Gasteiger partial charge >= 0.3 is 0 Å². The van der Waals surface area contributed by atoms with Gasteiger partial charge in [-0.25, -0.2) is 0 Å². The van der Waals surface area contributed by atoms with Crippen LogP contribution in [-0.4, -0.2) is 65.1 Å². The first-order chi connectivity index (χ1) is 15.4. The highest BCUT2D eigenvalue weighted by atomic mass is 32.1. The Hall–Kier alpha value is -2.75. The lowest BCUT2D eigenvalue weighted by Crippen LogP contribution is -2.56. The molecule has 2 fully saturated rings. The van der Waals surface area contributed by atoms with E-state index in [0.29, 0.717) is 13.1 Å². The minimum absolute atomic E-state index is 0.0767. The molecule has 0 spiro atoms. The number of amides is 4. The molecule has 4 amide bonds. The largest absolute Gasteiger partial charge is 0.508 e. The quantitative estimate of drug-likeness (QED) is 0.256. The maximum atomic E-state index is 13.0. The van der Waals surface area contributed by atoms with Crippen LogP contribution in [0.1, 0.15) is 43.7 Å². The first-order valence-corrected chi connectivity index (χ1v) is 11.6. The van der Waals surface area contributed by atoms with Crippen molar-refractivity contribution in [2.45, 2.75) is 44.2 Å². The molecule has 1 aromatic carbocycles. The van der Waals surface area contributed by atoms with E-state index in [9.17, 15) is 24.3 Å². The van der Waals surface area contributed by atoms with Crippen molar-refractivity contribution in [1.82, 2.24) is 20.9 Å². The Morgan fingerprint density at radius 2 is 1.72 bits per heavy atom. The lowest BCUT2D eigenvalue weighted by molar-refractivity contribution is -0.145. The normalized spacial score (nSPS) is 22.3. The van der Waals surface area contributed by atoms with Crippen molar-refractivity contribution in [3.05, 3.63) is 29.8 Å². The minimum atomic E-state index is -0.668. The van der Waals surface area contributed by atoms with Gasteiger partial charge in [-0.2, -0.15) is 12.6 Å². The number of benzene rings is 1. The van der Waals surface area contributed by atoms with Crippen molar-refractivity contribution in [1.29, 1.82) is 0 Å². The average Bonchev–Trinajstić information content (AvgIpc) is 3.20. The number of phenolic OH excluding ortho intramolecular Hbond substituents is 1. The molecule has 3 atom stereocenters. The second-order valence-corrected chi connectivity index (χ2v) is 8.44. The SMILES string of the molecule is O=C(CS)NCCCCCCNC(=O)[C@@H]1C[C@@H]2C(=O)NCC(=O)N2[C@@H]1c1ccc(O)cc1. The zero-order chi connectivity index (χ0) is 23.1. The maximum Gasteiger partial charge on any atom is 0.243 e. The number of phenols is 1. The number of thiol groups is 1. The van der Waals surface area contributed by atoms with E-state index in [1.165, 1.54) is 17.0 Å². The van der Waals surface area contributed by atoms with Crippen molar-refractivity contribution < 1.29 is 24.3 Å². The highest BCUT2D eigenvalue weighted by Crippen LogP contribution is 2.42. The number of fused-ring (bicyclic) bond motifs is 1. The molecular formula is C22H30N4O5S. The van der Waals surface area contributed by atoms with Gasteiger partial charge in [0.1, 0.15) is 11.8 Å². The van der Waals surface area contributed by atoms with Gasteiger partial charge < -0.3 is 26.0 Å². The number of carbonyl (C=O) groups excluding carboxylic acids is 4. The molecule has 10 heteroatoms. The summed E-state index contributed by atoms with van der Waals surface area (Å²) in [5, 5.41) is 17.9. The molecule has 174 valence electrons. The highest BCUT2D eigenvalue weighted by molar-refractivity contribution is 7.81. The van der Waals surface area contributed by atoms with Crippen LogP contribution in [0, 0.1) is 5.92 Å². The average molecular weight is 463 g/mol. The topological polar surface area (TPSA) is 128 Å². The first kappa shape index (κ1) is 23.9. The van der Waals surface area contributed by atoms with Gasteiger partial charge in [-0.1, -0.05) is 25.0 Å². The van der Waals surface area contributed by atoms with Crippen molar-refractivity contribution in [3.8, 4) is 5.75 Å². The molecule has 0 bridgehead atoms. The summed E-state index contributed by atoms with van der Waals surface area (Å²) in [7, 11) is 0. The van der Waals surface area contributed by atoms with Crippen LogP contribution in [0.2, 0.25) is 0 Å². The van der Waals surface area contributed by atoms with Crippen LogP contribution in [0.4, 0.5) is 0 Å². The number of unbranched alkanes of at least 4 members (excludes halogenated alkanes) is 3. The summed E-state index contributed by atoms with van der Waals surface area (Å²) in [6.45, 7) is 1.05. The number of nitrogens with zero attached hydrogens (tertiary/aromatic N) is 1. The second kappa shape index (κ2) is 11.2. The lowest BCUT2D eigenvalue weighted by atomic mass is 9.92. The molecule has 0 unspecified atom stereocenters. The molecule has 2 heterocycles. The molecule has 4 N–H and O–H groups in total. The first-order valence-electron chi connectivity index (χ1n) is 11.0. The van der Waals surface area contributed by atoms with Crippen LogP contribution >= 0.6 is 12.6 Å². The van der Waals surface area contributed by atoms with Gasteiger partial charge in [-0.05, 0) is 37.0 Å². The van der Waals surface area contributed by atoms with Crippen molar-refractivity contribution in [2.24, 2.45) is 5.92 Å². The number of hydrogen-bond donors (Lipinski definition) is 5. The van der Waals surface area contributed by atoms with Gasteiger partial charge in [-0.15, -0.1) is 0 Å². The zero-order valence-corrected chi connectivity index (χ0v) is 18.8. The molecule has 0 aliphatic carbocycles. The van der Waals surface area contributed by atoms with Gasteiger partial charge in [-0.3, -0.25) is 19.2 Å². The molecule has 9 nitrogen and oxygen atoms in total. The van der Waals surface area contributed by atoms with Gasteiger partial charge in [0.15, 0.2) is 0 Å². The second-order valence-electron chi connectivity index (χ2n) is 8.13. The van der Waals surface area contributed by atoms with Crippen molar-refractivity contribution in [2.75, 3.05) is 25.4 Å². The van der Waals surface area contributed by atoms with Crippen LogP contribution in [-0.2, 0) is 19.2 Å². The van der Waals surface area contributed by atoms with E-state index in [1.54, 1.807) is 12.1 Å². The zero-order valence-electron chi connectivity index (χ0n) is 17.9. The predicted octanol–water partition coefficient (Wildman–Crippen LogP) is 0.503. The molecule has 1 aromatic rings. The maximum absolute atomic E-state index is 13.0. The van der Waals surface area contributed by atoms with Crippen molar-refractivity contribution in [3.63, 3.8) is 0 Å². The number of nitrogens with one attached hydrogen (secondary N) is 3. The number of carbonyl (C=O) groups is 4. The standard InChI is InChI=1S/C22H30N4O5S/c27-15-7-5-14(6-8-15)20-16(11-17-22(31)25-12-19(29)26(17)20)21(30)24-10-4-2-1-3-9-23-18(28)13-32/h5-8,16-17,20,27,32H,1-4,9-13H2,(H,23,28)(H,24,30)(H,25,31)/t16-,17-,20-/m1/s1. The summed E-state index contributed by atoms with van der Waals surface area (Å²) in [5.41, 5.74) is 0.719. The van der Waals surface area contributed by atoms with Crippen LogP contribution in [0.5, 0.6) is 5.75 Å². The molecule has 0 saturated carbocycles. The molecule has 2 aliphatic heterocycles. The summed E-state index contributed by atoms with van der Waals surface area (Å²) < 4.78 is 0. The summed E-state index contributed by atoms with van der Waals surface area (Å²) in [6.07, 6.45) is 3.79. The number of rotatable bonds is 10. The van der Waals surface area contributed by atoms with E-state index < -0.39 is 18.0 Å². The summed E-state index contributed by atoms with van der Waals surface area (Å²) in [6, 6.07) is 5.20. The molecule has 32 heavy (non-hydrogen) atoms. The van der Waals surface area contributed by atoms with Gasteiger partial charge in [0.25, 0.3) is 0 Å². The summed E-state index contributed by atoms with van der Waals surface area (Å²) in [4.78, 5) is 50.6. The molecule has 0 aromatic heterocycles. The number of hydrogen-bond acceptors (Lipinski definition) is 6. The Morgan fingerprint density at radius 1 is 1.06 bits per heavy atom. The monoisotopic (exact) mass is 462 g/mol. The van der Waals surface area contributed by atoms with Crippen LogP contribution in [0.25, 0.3) is 0 Å². The van der Waals surface area contributed by atoms with Crippen molar-refractivity contribution >= 4 is 36.3 Å². The Labute approximate surface area is 192 Å². The summed E-state index contributed by atoms with van der Waals surface area (Å²) >= 11 is 3.91. The van der Waals surface area contributed by atoms with Crippen LogP contribution in [0.15, 0.2) is 24.3 Å². The third-order valence-electron chi connectivity index (χ3n) is 5.94. The fraction of sp³-hybridized carbons (Fsp3) is 0.545. The van der Waals surface area contributed by atoms with Crippen LogP contribution in [0.3, 0.4) is 0 Å². The summed E-state index contributed by atoms with van der Waals surface area (Å²) in [5.74, 6) is -0.986. The van der Waals surface area contributed by atoms with Crippen LogP contribution < -0.4 is 16.0 Å². The lowest BCUT2D eigenvalue weighted by Gasteiger charge is -2.34. The fourth-order valence-corrected chi connectivity index (χ4v) is 4.46. The third kappa shape index (κ3) is 5.73. The smallest absolute Gasteiger partial charge is 0.243 e. The third-order valence-corrected chi connectivity index (χ3v) is 6.23. The number of piperazine rings is 1. The van der Waals surface area contributed by atoms with E-state index in [-0.39, 0.29) is 48.1 Å². The molecule has 0 radical (unpaired) electrons. The van der Waals surface area contributed by atoms with E-state index in [2.05, 4.69) is 28.6 Å². The molecule has 3 rings (SSSR count). The Kier molecular flexibility index (Phi) is 8.38. The fourth-order valence-electron chi connectivity index (χ4n) is 4.35. The van der Waals surface area contributed by atoms with E-state index in [4.69, 9.17) is 0 Å². The van der Waals surface area contributed by atoms with E-state index in [0.717, 1.165) is 31.2 Å². The van der Waals surface area contributed by atoms with Gasteiger partial charge in [0, 0.05) is 13.1 Å². The Morgan fingerprint density at radius 3 is 2.38 bits per heavy atom. The molecular weight excluding hydrogens is 432 g/mol. The molecule has 2 saturated heterocycles. The predicted molar refractivity (Wildman–Crippen MR) is 121 cm³/mol. The minimum Gasteiger partial charge on any atom is -0.508 e.